The van der Waals surface area contributed by atoms with Gasteiger partial charge >= 0.3 is 5.97 Å². The number of hydrogen-bond donors (Lipinski definition) is 2. The second-order valence-electron chi connectivity index (χ2n) is 3.61. The molecular weight excluding hydrogens is 182 g/mol. The third kappa shape index (κ3) is 6.86. The van der Waals surface area contributed by atoms with E-state index in [1.807, 2.05) is 13.8 Å². The Balaban J connectivity index is 3.59. The first kappa shape index (κ1) is 13.4. The fourth-order valence-electron chi connectivity index (χ4n) is 1.36. The molecule has 14 heavy (non-hydrogen) atoms. The molecule has 0 radical (unpaired) electrons. The number of nitrogens with one attached hydrogen (secondary N) is 1. The summed E-state index contributed by atoms with van der Waals surface area (Å²) in [6.07, 6.45) is 2.10. The molecule has 0 amide bonds. The SMILES string of the molecule is COC(=O)CC(C)NC(C)CCCO. The van der Waals surface area contributed by atoms with E-state index in [0.717, 1.165) is 12.8 Å². The Morgan fingerprint density at radius 2 is 2.07 bits per heavy atom. The Hall–Kier alpha value is -0.610. The lowest BCUT2D eigenvalue weighted by Gasteiger charge is -2.18. The van der Waals surface area contributed by atoms with E-state index in [1.165, 1.54) is 7.11 Å². The molecule has 0 fully saturated rings. The smallest absolute Gasteiger partial charge is 0.307 e. The molecule has 0 spiro atoms. The van der Waals surface area contributed by atoms with Gasteiger partial charge in [0.25, 0.3) is 0 Å². The highest BCUT2D eigenvalue weighted by Crippen LogP contribution is 2.00. The van der Waals surface area contributed by atoms with Crippen LogP contribution >= 0.6 is 0 Å². The third-order valence-electron chi connectivity index (χ3n) is 2.06. The summed E-state index contributed by atoms with van der Waals surface area (Å²) in [5.74, 6) is -0.195. The van der Waals surface area contributed by atoms with E-state index >= 15 is 0 Å². The van der Waals surface area contributed by atoms with Gasteiger partial charge in [0.05, 0.1) is 13.5 Å². The van der Waals surface area contributed by atoms with Gasteiger partial charge in [-0.1, -0.05) is 0 Å². The Bertz CT molecular complexity index is 161. The highest BCUT2D eigenvalue weighted by Gasteiger charge is 2.11. The molecule has 2 atom stereocenters. The highest BCUT2D eigenvalue weighted by atomic mass is 16.5. The van der Waals surface area contributed by atoms with Crippen LogP contribution in [0.25, 0.3) is 0 Å². The summed E-state index contributed by atoms with van der Waals surface area (Å²) in [6, 6.07) is 0.443. The van der Waals surface area contributed by atoms with Crippen molar-refractivity contribution in [2.75, 3.05) is 13.7 Å². The summed E-state index contributed by atoms with van der Waals surface area (Å²) < 4.78 is 4.56. The molecule has 0 aliphatic carbocycles. The molecule has 2 N–H and O–H groups in total. The lowest BCUT2D eigenvalue weighted by Crippen LogP contribution is -2.36. The first-order valence-corrected chi connectivity index (χ1v) is 5.03. The van der Waals surface area contributed by atoms with Crippen LogP contribution in [-0.2, 0) is 9.53 Å². The summed E-state index contributed by atoms with van der Waals surface area (Å²) in [5.41, 5.74) is 0. The van der Waals surface area contributed by atoms with Crippen LogP contribution in [0.2, 0.25) is 0 Å². The van der Waals surface area contributed by atoms with Gasteiger partial charge in [-0.15, -0.1) is 0 Å². The topological polar surface area (TPSA) is 58.6 Å². The van der Waals surface area contributed by atoms with Crippen molar-refractivity contribution in [3.63, 3.8) is 0 Å². The normalized spacial score (nSPS) is 14.9. The second-order valence-corrected chi connectivity index (χ2v) is 3.61. The van der Waals surface area contributed by atoms with E-state index in [-0.39, 0.29) is 18.6 Å². The van der Waals surface area contributed by atoms with Gasteiger partial charge in [-0.3, -0.25) is 4.79 Å². The van der Waals surface area contributed by atoms with Gasteiger partial charge in [-0.05, 0) is 26.7 Å². The third-order valence-corrected chi connectivity index (χ3v) is 2.06. The molecule has 0 aromatic rings. The molecular formula is C10H21NO3. The van der Waals surface area contributed by atoms with Crippen LogP contribution in [-0.4, -0.2) is 36.9 Å². The molecule has 0 saturated carbocycles. The van der Waals surface area contributed by atoms with Crippen LogP contribution in [0.5, 0.6) is 0 Å². The number of methoxy groups -OCH3 is 1. The second kappa shape index (κ2) is 7.76. The molecule has 0 aromatic heterocycles. The summed E-state index contributed by atoms with van der Waals surface area (Å²) in [6.45, 7) is 4.22. The van der Waals surface area contributed by atoms with E-state index in [4.69, 9.17) is 5.11 Å². The van der Waals surface area contributed by atoms with Crippen LogP contribution in [0.4, 0.5) is 0 Å². The fourth-order valence-corrected chi connectivity index (χ4v) is 1.36. The summed E-state index contributed by atoms with van der Waals surface area (Å²) in [5, 5.41) is 11.9. The zero-order valence-electron chi connectivity index (χ0n) is 9.25. The quantitative estimate of drug-likeness (QED) is 0.598. The number of aliphatic hydroxyl groups is 1. The minimum atomic E-state index is -0.195. The lowest BCUT2D eigenvalue weighted by molar-refractivity contribution is -0.141. The van der Waals surface area contributed by atoms with Crippen molar-refractivity contribution in [1.29, 1.82) is 0 Å². The number of carbonyl (C=O) groups is 1. The average Bonchev–Trinajstić information content (AvgIpc) is 2.14. The van der Waals surface area contributed by atoms with Gasteiger partial charge < -0.3 is 15.2 Å². The first-order chi connectivity index (χ1) is 6.60. The van der Waals surface area contributed by atoms with Crippen molar-refractivity contribution in [3.05, 3.63) is 0 Å². The number of ether oxygens (including phenoxy) is 1. The number of hydrogen-bond acceptors (Lipinski definition) is 4. The highest BCUT2D eigenvalue weighted by molar-refractivity contribution is 5.69. The molecule has 4 nitrogen and oxygen atoms in total. The minimum Gasteiger partial charge on any atom is -0.469 e. The minimum absolute atomic E-state index is 0.121. The van der Waals surface area contributed by atoms with Gasteiger partial charge in [-0.25, -0.2) is 0 Å². The van der Waals surface area contributed by atoms with Crippen LogP contribution in [0.3, 0.4) is 0 Å². The molecule has 0 heterocycles. The van der Waals surface area contributed by atoms with Gasteiger partial charge in [0, 0.05) is 18.7 Å². The van der Waals surface area contributed by atoms with E-state index < -0.39 is 0 Å². The summed E-state index contributed by atoms with van der Waals surface area (Å²) in [4.78, 5) is 10.9. The van der Waals surface area contributed by atoms with Gasteiger partial charge in [0.2, 0.25) is 0 Å². The maximum atomic E-state index is 10.9. The zero-order chi connectivity index (χ0) is 11.0. The molecule has 0 bridgehead atoms. The summed E-state index contributed by atoms with van der Waals surface area (Å²) in [7, 11) is 1.39. The Morgan fingerprint density at radius 3 is 2.57 bits per heavy atom. The van der Waals surface area contributed by atoms with E-state index in [1.54, 1.807) is 0 Å². The number of esters is 1. The predicted molar refractivity (Wildman–Crippen MR) is 55.0 cm³/mol. The van der Waals surface area contributed by atoms with Crippen molar-refractivity contribution >= 4 is 5.97 Å². The van der Waals surface area contributed by atoms with Crippen molar-refractivity contribution in [2.24, 2.45) is 0 Å². The number of rotatable bonds is 7. The van der Waals surface area contributed by atoms with Crippen LogP contribution in [0.15, 0.2) is 0 Å². The maximum absolute atomic E-state index is 10.9. The van der Waals surface area contributed by atoms with E-state index in [0.29, 0.717) is 12.5 Å². The van der Waals surface area contributed by atoms with Crippen molar-refractivity contribution < 1.29 is 14.6 Å². The molecule has 0 aromatic carbocycles. The number of carbonyl (C=O) groups excluding carboxylic acids is 1. The molecule has 0 aliphatic heterocycles. The zero-order valence-corrected chi connectivity index (χ0v) is 9.25. The lowest BCUT2D eigenvalue weighted by atomic mass is 10.1. The molecule has 84 valence electrons. The summed E-state index contributed by atoms with van der Waals surface area (Å²) >= 11 is 0. The van der Waals surface area contributed by atoms with Crippen LogP contribution < -0.4 is 5.32 Å². The van der Waals surface area contributed by atoms with Gasteiger partial charge in [0.15, 0.2) is 0 Å². The average molecular weight is 203 g/mol. The van der Waals surface area contributed by atoms with Gasteiger partial charge in [-0.2, -0.15) is 0 Å². The van der Waals surface area contributed by atoms with E-state index in [2.05, 4.69) is 10.1 Å². The Labute approximate surface area is 85.6 Å². The first-order valence-electron chi connectivity index (χ1n) is 5.03. The monoisotopic (exact) mass is 203 g/mol. The maximum Gasteiger partial charge on any atom is 0.307 e. The van der Waals surface area contributed by atoms with E-state index in [9.17, 15) is 4.79 Å². The standard InChI is InChI=1S/C10H21NO3/c1-8(5-4-6-12)11-9(2)7-10(13)14-3/h8-9,11-12H,4-7H2,1-3H3. The van der Waals surface area contributed by atoms with Crippen molar-refractivity contribution in [3.8, 4) is 0 Å². The molecule has 0 saturated heterocycles. The van der Waals surface area contributed by atoms with Crippen LogP contribution in [0, 0.1) is 0 Å². The van der Waals surface area contributed by atoms with Crippen molar-refractivity contribution in [1.82, 2.24) is 5.32 Å². The van der Waals surface area contributed by atoms with Gasteiger partial charge in [0.1, 0.15) is 0 Å². The molecule has 2 unspecified atom stereocenters. The molecule has 0 aliphatic rings. The predicted octanol–water partition coefficient (Wildman–Crippen LogP) is 0.689. The number of aliphatic hydroxyl groups excluding tert-OH is 1. The molecule has 0 rings (SSSR count). The Kier molecular flexibility index (Phi) is 7.42. The van der Waals surface area contributed by atoms with Crippen LogP contribution in [0.1, 0.15) is 33.1 Å². The molecule has 4 heteroatoms. The fraction of sp³-hybridized carbons (Fsp3) is 0.900. The van der Waals surface area contributed by atoms with Crippen molar-refractivity contribution in [2.45, 2.75) is 45.2 Å². The Morgan fingerprint density at radius 1 is 1.43 bits per heavy atom. The largest absolute Gasteiger partial charge is 0.469 e.